The van der Waals surface area contributed by atoms with Gasteiger partial charge >= 0.3 is 0 Å². The predicted molar refractivity (Wildman–Crippen MR) is 111 cm³/mol. The monoisotopic (exact) mass is 468 g/mol. The maximum absolute atomic E-state index is 12.4. The number of hydrogen-bond donors (Lipinski definition) is 1. The third-order valence-corrected chi connectivity index (χ3v) is 4.82. The van der Waals surface area contributed by atoms with Crippen molar-refractivity contribution in [3.63, 3.8) is 0 Å². The molecule has 0 unspecified atom stereocenters. The minimum atomic E-state index is -0.606. The van der Waals surface area contributed by atoms with Crippen LogP contribution in [0, 0.1) is 11.3 Å². The summed E-state index contributed by atoms with van der Waals surface area (Å²) >= 11 is 15.4. The average molecular weight is 470 g/mol. The van der Waals surface area contributed by atoms with Crippen LogP contribution in [-0.4, -0.2) is 19.6 Å². The van der Waals surface area contributed by atoms with E-state index in [2.05, 4.69) is 21.2 Å². The van der Waals surface area contributed by atoms with Crippen LogP contribution in [0.1, 0.15) is 12.5 Å². The van der Waals surface area contributed by atoms with Gasteiger partial charge in [0.25, 0.3) is 5.91 Å². The minimum Gasteiger partial charge on any atom is -0.493 e. The van der Waals surface area contributed by atoms with E-state index in [1.807, 2.05) is 13.0 Å². The first-order chi connectivity index (χ1) is 12.9. The van der Waals surface area contributed by atoms with E-state index in [0.717, 1.165) is 0 Å². The van der Waals surface area contributed by atoms with Crippen molar-refractivity contribution >= 4 is 56.8 Å². The van der Waals surface area contributed by atoms with Crippen molar-refractivity contribution in [3.8, 4) is 17.6 Å². The number of methoxy groups -OCH3 is 1. The molecule has 0 heterocycles. The minimum absolute atomic E-state index is 0.107. The van der Waals surface area contributed by atoms with Gasteiger partial charge in [-0.1, -0.05) is 29.3 Å². The van der Waals surface area contributed by atoms with Crippen molar-refractivity contribution in [2.45, 2.75) is 6.92 Å². The van der Waals surface area contributed by atoms with E-state index in [1.54, 1.807) is 30.3 Å². The van der Waals surface area contributed by atoms with Gasteiger partial charge in [-0.15, -0.1) is 0 Å². The Balaban J connectivity index is 2.35. The number of ether oxygens (including phenoxy) is 2. The zero-order valence-corrected chi connectivity index (χ0v) is 17.6. The highest BCUT2D eigenvalue weighted by Crippen LogP contribution is 2.37. The Hall–Kier alpha value is -2.20. The summed E-state index contributed by atoms with van der Waals surface area (Å²) in [6.07, 6.45) is 1.44. The summed E-state index contributed by atoms with van der Waals surface area (Å²) in [6.45, 7) is 2.33. The first kappa shape index (κ1) is 21.1. The topological polar surface area (TPSA) is 71.3 Å². The maximum atomic E-state index is 12.4. The standard InChI is InChI=1S/C19H15BrCl2N2O3/c1-3-27-18-13(20)8-11(9-16(18)26-2)7-12(10-23)19(25)24-15-6-4-5-14(21)17(15)22/h4-9H,3H2,1-2H3,(H,24,25)/b12-7-. The molecule has 0 spiro atoms. The smallest absolute Gasteiger partial charge is 0.266 e. The molecule has 0 aliphatic rings. The number of rotatable bonds is 6. The molecule has 27 heavy (non-hydrogen) atoms. The molecule has 0 radical (unpaired) electrons. The first-order valence-electron chi connectivity index (χ1n) is 7.78. The Kier molecular flexibility index (Phi) is 7.55. The highest BCUT2D eigenvalue weighted by molar-refractivity contribution is 9.10. The SMILES string of the molecule is CCOc1c(Br)cc(/C=C(/C#N)C(=O)Nc2cccc(Cl)c2Cl)cc1OC. The molecule has 0 saturated heterocycles. The summed E-state index contributed by atoms with van der Waals surface area (Å²) in [5.41, 5.74) is 0.802. The van der Waals surface area contributed by atoms with Crippen molar-refractivity contribution in [1.29, 1.82) is 5.26 Å². The Morgan fingerprint density at radius 1 is 1.37 bits per heavy atom. The van der Waals surface area contributed by atoms with Gasteiger partial charge in [0.05, 0.1) is 33.9 Å². The van der Waals surface area contributed by atoms with Crippen LogP contribution in [0.5, 0.6) is 11.5 Å². The van der Waals surface area contributed by atoms with Gasteiger partial charge < -0.3 is 14.8 Å². The lowest BCUT2D eigenvalue weighted by Gasteiger charge is -2.12. The van der Waals surface area contributed by atoms with E-state index in [4.69, 9.17) is 32.7 Å². The highest BCUT2D eigenvalue weighted by atomic mass is 79.9. The van der Waals surface area contributed by atoms with Gasteiger partial charge in [-0.05, 0) is 58.8 Å². The zero-order valence-electron chi connectivity index (χ0n) is 14.5. The van der Waals surface area contributed by atoms with Crippen LogP contribution < -0.4 is 14.8 Å². The van der Waals surface area contributed by atoms with Gasteiger partial charge in [0, 0.05) is 0 Å². The molecule has 0 aromatic heterocycles. The van der Waals surface area contributed by atoms with Crippen molar-refractivity contribution in [1.82, 2.24) is 0 Å². The molecule has 1 N–H and O–H groups in total. The normalized spacial score (nSPS) is 10.9. The van der Waals surface area contributed by atoms with Gasteiger partial charge in [-0.25, -0.2) is 0 Å². The summed E-state index contributed by atoms with van der Waals surface area (Å²) in [6, 6.07) is 10.1. The number of nitriles is 1. The van der Waals surface area contributed by atoms with E-state index in [1.165, 1.54) is 13.2 Å². The number of carbonyl (C=O) groups is 1. The van der Waals surface area contributed by atoms with Crippen LogP contribution in [0.15, 0.2) is 40.4 Å². The number of hydrogen-bond acceptors (Lipinski definition) is 4. The molecule has 5 nitrogen and oxygen atoms in total. The molecule has 0 saturated carbocycles. The fourth-order valence-corrected chi connectivity index (χ4v) is 3.13. The lowest BCUT2D eigenvalue weighted by Crippen LogP contribution is -2.13. The number of carbonyl (C=O) groups excluding carboxylic acids is 1. The van der Waals surface area contributed by atoms with Crippen LogP contribution in [0.4, 0.5) is 5.69 Å². The van der Waals surface area contributed by atoms with E-state index in [9.17, 15) is 10.1 Å². The van der Waals surface area contributed by atoms with Gasteiger partial charge in [0.2, 0.25) is 0 Å². The van der Waals surface area contributed by atoms with E-state index in [0.29, 0.717) is 38.9 Å². The van der Waals surface area contributed by atoms with Crippen LogP contribution in [0.3, 0.4) is 0 Å². The Morgan fingerprint density at radius 2 is 2.11 bits per heavy atom. The molecule has 140 valence electrons. The largest absolute Gasteiger partial charge is 0.493 e. The average Bonchev–Trinajstić information content (AvgIpc) is 2.65. The maximum Gasteiger partial charge on any atom is 0.266 e. The number of anilines is 1. The number of nitrogens with zero attached hydrogens (tertiary/aromatic N) is 1. The fraction of sp³-hybridized carbons (Fsp3) is 0.158. The van der Waals surface area contributed by atoms with Crippen molar-refractivity contribution in [3.05, 3.63) is 56.0 Å². The molecular weight excluding hydrogens is 455 g/mol. The summed E-state index contributed by atoms with van der Waals surface area (Å²) < 4.78 is 11.5. The molecule has 1 amide bonds. The second-order valence-electron chi connectivity index (χ2n) is 5.19. The second kappa shape index (κ2) is 9.65. The molecular formula is C19H15BrCl2N2O3. The van der Waals surface area contributed by atoms with Crippen molar-refractivity contribution in [2.24, 2.45) is 0 Å². The summed E-state index contributed by atoms with van der Waals surface area (Å²) in [5, 5.41) is 12.5. The van der Waals surface area contributed by atoms with Crippen molar-refractivity contribution < 1.29 is 14.3 Å². The molecule has 2 aromatic carbocycles. The van der Waals surface area contributed by atoms with Gasteiger partial charge in [0.1, 0.15) is 11.6 Å². The highest BCUT2D eigenvalue weighted by Gasteiger charge is 2.15. The summed E-state index contributed by atoms with van der Waals surface area (Å²) in [5.74, 6) is 0.421. The van der Waals surface area contributed by atoms with Gasteiger partial charge in [0.15, 0.2) is 11.5 Å². The number of nitrogens with one attached hydrogen (secondary N) is 1. The lowest BCUT2D eigenvalue weighted by molar-refractivity contribution is -0.112. The molecule has 2 aromatic rings. The first-order valence-corrected chi connectivity index (χ1v) is 9.33. The molecule has 0 fully saturated rings. The van der Waals surface area contributed by atoms with E-state index >= 15 is 0 Å². The Labute approximate surface area is 175 Å². The predicted octanol–water partition coefficient (Wildman–Crippen LogP) is 5.71. The van der Waals surface area contributed by atoms with Crippen LogP contribution in [-0.2, 0) is 4.79 Å². The van der Waals surface area contributed by atoms with Crippen LogP contribution in [0.25, 0.3) is 6.08 Å². The van der Waals surface area contributed by atoms with Crippen LogP contribution in [0.2, 0.25) is 10.0 Å². The number of amides is 1. The molecule has 8 heteroatoms. The number of halogens is 3. The third kappa shape index (κ3) is 5.16. The summed E-state index contributed by atoms with van der Waals surface area (Å²) in [7, 11) is 1.51. The van der Waals surface area contributed by atoms with Gasteiger partial charge in [-0.2, -0.15) is 5.26 Å². The van der Waals surface area contributed by atoms with E-state index < -0.39 is 5.91 Å². The van der Waals surface area contributed by atoms with Crippen molar-refractivity contribution in [2.75, 3.05) is 19.0 Å². The zero-order chi connectivity index (χ0) is 20.0. The quantitative estimate of drug-likeness (QED) is 0.434. The van der Waals surface area contributed by atoms with Crippen LogP contribution >= 0.6 is 39.1 Å². The Morgan fingerprint density at radius 3 is 2.74 bits per heavy atom. The molecule has 0 atom stereocenters. The van der Waals surface area contributed by atoms with E-state index in [-0.39, 0.29) is 10.6 Å². The molecule has 2 rings (SSSR count). The molecule has 0 bridgehead atoms. The second-order valence-corrected chi connectivity index (χ2v) is 6.83. The van der Waals surface area contributed by atoms with Gasteiger partial charge in [-0.3, -0.25) is 4.79 Å². The number of benzene rings is 2. The molecule has 0 aliphatic heterocycles. The molecule has 0 aliphatic carbocycles. The summed E-state index contributed by atoms with van der Waals surface area (Å²) in [4.78, 5) is 12.4. The third-order valence-electron chi connectivity index (χ3n) is 3.42. The Bertz CT molecular complexity index is 939. The fourth-order valence-electron chi connectivity index (χ4n) is 2.21. The lowest BCUT2D eigenvalue weighted by atomic mass is 10.1.